The third-order valence-corrected chi connectivity index (χ3v) is 2.59. The molecule has 0 saturated carbocycles. The molecule has 0 saturated heterocycles. The normalized spacial score (nSPS) is 16.4. The molecule has 0 aliphatic rings. The molecule has 0 aliphatic heterocycles. The summed E-state index contributed by atoms with van der Waals surface area (Å²) >= 11 is 1.60. The zero-order valence-electron chi connectivity index (χ0n) is 6.74. The van der Waals surface area contributed by atoms with Gasteiger partial charge < -0.3 is 10.8 Å². The highest BCUT2D eigenvalue weighted by molar-refractivity contribution is 7.08. The summed E-state index contributed by atoms with van der Waals surface area (Å²) in [7, 11) is 0. The summed E-state index contributed by atoms with van der Waals surface area (Å²) in [5, 5.41) is 13.5. The van der Waals surface area contributed by atoms with E-state index in [0.29, 0.717) is 0 Å². The Labute approximate surface area is 70.7 Å². The van der Waals surface area contributed by atoms with Crippen molar-refractivity contribution in [2.45, 2.75) is 26.0 Å². The smallest absolute Gasteiger partial charge is 0.0948 e. The molecule has 0 bridgehead atoms. The van der Waals surface area contributed by atoms with E-state index in [1.165, 1.54) is 0 Å². The first kappa shape index (κ1) is 8.71. The molecular weight excluding hydrogens is 158 g/mol. The summed E-state index contributed by atoms with van der Waals surface area (Å²) in [4.78, 5) is 0. The minimum atomic E-state index is -0.513. The number of aliphatic hydroxyl groups is 1. The predicted octanol–water partition coefficient (Wildman–Crippen LogP) is 1.44. The molecule has 1 aromatic rings. The van der Waals surface area contributed by atoms with E-state index in [4.69, 9.17) is 5.73 Å². The first-order valence-electron chi connectivity index (χ1n) is 3.59. The average molecular weight is 171 g/mol. The minimum Gasteiger partial charge on any atom is -0.387 e. The highest BCUT2D eigenvalue weighted by Crippen LogP contribution is 2.22. The quantitative estimate of drug-likeness (QED) is 0.707. The van der Waals surface area contributed by atoms with Gasteiger partial charge in [-0.1, -0.05) is 0 Å². The molecule has 0 aliphatic carbocycles. The molecule has 1 aromatic heterocycles. The van der Waals surface area contributed by atoms with Gasteiger partial charge in [0, 0.05) is 6.04 Å². The molecule has 2 atom stereocenters. The largest absolute Gasteiger partial charge is 0.387 e. The molecular formula is C8H13NOS. The Morgan fingerprint density at radius 1 is 1.55 bits per heavy atom. The molecule has 0 spiro atoms. The van der Waals surface area contributed by atoms with Crippen LogP contribution in [0.4, 0.5) is 0 Å². The highest BCUT2D eigenvalue weighted by atomic mass is 32.1. The van der Waals surface area contributed by atoms with E-state index >= 15 is 0 Å². The monoisotopic (exact) mass is 171 g/mol. The van der Waals surface area contributed by atoms with Crippen molar-refractivity contribution in [2.24, 2.45) is 5.73 Å². The van der Waals surface area contributed by atoms with Gasteiger partial charge in [-0.25, -0.2) is 0 Å². The van der Waals surface area contributed by atoms with Crippen molar-refractivity contribution in [3.63, 3.8) is 0 Å². The van der Waals surface area contributed by atoms with Crippen LogP contribution in [0.15, 0.2) is 10.8 Å². The van der Waals surface area contributed by atoms with Crippen molar-refractivity contribution in [1.29, 1.82) is 0 Å². The summed E-state index contributed by atoms with van der Waals surface area (Å²) in [6.07, 6.45) is -0.513. The zero-order valence-corrected chi connectivity index (χ0v) is 7.56. The number of hydrogen-bond acceptors (Lipinski definition) is 3. The van der Waals surface area contributed by atoms with Crippen LogP contribution in [0.3, 0.4) is 0 Å². The number of aliphatic hydroxyl groups excluding tert-OH is 1. The number of thiophene rings is 1. The van der Waals surface area contributed by atoms with Gasteiger partial charge in [0.25, 0.3) is 0 Å². The molecule has 2 unspecified atom stereocenters. The van der Waals surface area contributed by atoms with Gasteiger partial charge in [0.2, 0.25) is 0 Å². The molecule has 0 aromatic carbocycles. The standard InChI is InChI=1S/C8H13NOS/c1-5-3-11-4-7(5)8(10)6(2)9/h3-4,6,8,10H,9H2,1-2H3. The van der Waals surface area contributed by atoms with E-state index in [9.17, 15) is 5.11 Å². The van der Waals surface area contributed by atoms with E-state index in [0.717, 1.165) is 11.1 Å². The van der Waals surface area contributed by atoms with Gasteiger partial charge in [0.1, 0.15) is 0 Å². The van der Waals surface area contributed by atoms with Crippen LogP contribution in [0.2, 0.25) is 0 Å². The van der Waals surface area contributed by atoms with Crippen molar-refractivity contribution in [1.82, 2.24) is 0 Å². The Morgan fingerprint density at radius 3 is 2.55 bits per heavy atom. The van der Waals surface area contributed by atoms with Gasteiger partial charge in [-0.15, -0.1) is 0 Å². The third-order valence-electron chi connectivity index (χ3n) is 1.71. The minimum absolute atomic E-state index is 0.191. The summed E-state index contributed by atoms with van der Waals surface area (Å²) in [5.41, 5.74) is 7.64. The fourth-order valence-corrected chi connectivity index (χ4v) is 1.84. The Balaban J connectivity index is 2.84. The van der Waals surface area contributed by atoms with Crippen molar-refractivity contribution in [3.8, 4) is 0 Å². The summed E-state index contributed by atoms with van der Waals surface area (Å²) in [6.45, 7) is 3.79. The van der Waals surface area contributed by atoms with Crippen LogP contribution >= 0.6 is 11.3 Å². The van der Waals surface area contributed by atoms with Crippen LogP contribution in [0.1, 0.15) is 24.2 Å². The van der Waals surface area contributed by atoms with Crippen molar-refractivity contribution in [3.05, 3.63) is 21.9 Å². The van der Waals surface area contributed by atoms with Gasteiger partial charge in [0.05, 0.1) is 6.10 Å². The van der Waals surface area contributed by atoms with Gasteiger partial charge in [-0.2, -0.15) is 11.3 Å². The van der Waals surface area contributed by atoms with Crippen LogP contribution in [0.25, 0.3) is 0 Å². The fourth-order valence-electron chi connectivity index (χ4n) is 0.957. The van der Waals surface area contributed by atoms with E-state index in [-0.39, 0.29) is 6.04 Å². The van der Waals surface area contributed by atoms with Gasteiger partial charge in [0.15, 0.2) is 0 Å². The molecule has 11 heavy (non-hydrogen) atoms. The highest BCUT2D eigenvalue weighted by Gasteiger charge is 2.14. The molecule has 3 N–H and O–H groups in total. The summed E-state index contributed by atoms with van der Waals surface area (Å²) < 4.78 is 0. The maximum absolute atomic E-state index is 9.55. The lowest BCUT2D eigenvalue weighted by Crippen LogP contribution is -2.24. The Bertz CT molecular complexity index is 232. The lowest BCUT2D eigenvalue weighted by atomic mass is 10.0. The topological polar surface area (TPSA) is 46.2 Å². The average Bonchev–Trinajstić information content (AvgIpc) is 2.33. The second kappa shape index (κ2) is 3.34. The van der Waals surface area contributed by atoms with Gasteiger partial charge >= 0.3 is 0 Å². The Kier molecular flexibility index (Phi) is 2.65. The van der Waals surface area contributed by atoms with Gasteiger partial charge in [-0.05, 0) is 35.7 Å². The molecule has 0 radical (unpaired) electrons. The van der Waals surface area contributed by atoms with Crippen LogP contribution in [0.5, 0.6) is 0 Å². The van der Waals surface area contributed by atoms with Gasteiger partial charge in [-0.3, -0.25) is 0 Å². The molecule has 0 amide bonds. The van der Waals surface area contributed by atoms with E-state index in [2.05, 4.69) is 0 Å². The molecule has 62 valence electrons. The van der Waals surface area contributed by atoms with Crippen LogP contribution < -0.4 is 5.73 Å². The lowest BCUT2D eigenvalue weighted by Gasteiger charge is -2.13. The zero-order chi connectivity index (χ0) is 8.43. The van der Waals surface area contributed by atoms with Crippen molar-refractivity contribution < 1.29 is 5.11 Å². The lowest BCUT2D eigenvalue weighted by molar-refractivity contribution is 0.153. The number of hydrogen-bond donors (Lipinski definition) is 2. The maximum atomic E-state index is 9.55. The Hall–Kier alpha value is -0.380. The molecule has 1 rings (SSSR count). The number of rotatable bonds is 2. The van der Waals surface area contributed by atoms with E-state index in [1.54, 1.807) is 11.3 Å². The molecule has 1 heterocycles. The number of nitrogens with two attached hydrogens (primary N) is 1. The second-order valence-electron chi connectivity index (χ2n) is 2.81. The molecule has 0 fully saturated rings. The van der Waals surface area contributed by atoms with Crippen LogP contribution in [-0.2, 0) is 0 Å². The molecule has 3 heteroatoms. The maximum Gasteiger partial charge on any atom is 0.0948 e. The summed E-state index contributed by atoms with van der Waals surface area (Å²) in [6, 6.07) is -0.191. The van der Waals surface area contributed by atoms with Crippen molar-refractivity contribution >= 4 is 11.3 Å². The summed E-state index contributed by atoms with van der Waals surface area (Å²) in [5.74, 6) is 0. The van der Waals surface area contributed by atoms with Crippen molar-refractivity contribution in [2.75, 3.05) is 0 Å². The first-order chi connectivity index (χ1) is 5.13. The SMILES string of the molecule is Cc1cscc1C(O)C(C)N. The number of aryl methyl sites for hydroxylation is 1. The van der Waals surface area contributed by atoms with Crippen LogP contribution in [-0.4, -0.2) is 11.1 Å². The molecule has 2 nitrogen and oxygen atoms in total. The predicted molar refractivity (Wildman–Crippen MR) is 47.7 cm³/mol. The second-order valence-corrected chi connectivity index (χ2v) is 3.56. The van der Waals surface area contributed by atoms with E-state index < -0.39 is 6.10 Å². The van der Waals surface area contributed by atoms with Crippen LogP contribution in [0, 0.1) is 6.92 Å². The third kappa shape index (κ3) is 1.80. The Morgan fingerprint density at radius 2 is 2.18 bits per heavy atom. The van der Waals surface area contributed by atoms with E-state index in [1.807, 2.05) is 24.6 Å². The fraction of sp³-hybridized carbons (Fsp3) is 0.500. The first-order valence-corrected chi connectivity index (χ1v) is 4.53.